The van der Waals surface area contributed by atoms with Gasteiger partial charge < -0.3 is 20.1 Å². The number of rotatable bonds is 7. The van der Waals surface area contributed by atoms with Crippen LogP contribution in [0.25, 0.3) is 0 Å². The number of carbonyl (C=O) groups excluding carboxylic acids is 1. The maximum atomic E-state index is 12.1. The fourth-order valence-corrected chi connectivity index (χ4v) is 1.64. The van der Waals surface area contributed by atoms with Gasteiger partial charge in [0.25, 0.3) is 5.91 Å². The van der Waals surface area contributed by atoms with Crippen molar-refractivity contribution in [2.75, 3.05) is 32.6 Å². The van der Waals surface area contributed by atoms with E-state index >= 15 is 0 Å². The quantitative estimate of drug-likeness (QED) is 0.751. The molecule has 1 atom stereocenters. The molecule has 1 aromatic heterocycles. The van der Waals surface area contributed by atoms with Crippen LogP contribution in [-0.4, -0.2) is 65.3 Å². The average Bonchev–Trinajstić information content (AvgIpc) is 2.38. The Balaban J connectivity index is 2.62. The Bertz CT molecular complexity index is 422. The fraction of sp³-hybridized carbons (Fsp3) is 0.615. The van der Waals surface area contributed by atoms with Crippen LogP contribution < -0.4 is 5.32 Å². The van der Waals surface area contributed by atoms with E-state index in [1.165, 1.54) is 24.4 Å². The van der Waals surface area contributed by atoms with E-state index < -0.39 is 6.10 Å². The molecular weight excluding hydrogens is 260 g/mol. The average molecular weight is 282 g/mol. The van der Waals surface area contributed by atoms with Crippen LogP contribution in [0, 0.1) is 0 Å². The van der Waals surface area contributed by atoms with Crippen LogP contribution in [0.4, 0.5) is 5.95 Å². The number of amides is 1. The number of nitrogens with one attached hydrogen (secondary N) is 1. The number of ether oxygens (including phenoxy) is 1. The van der Waals surface area contributed by atoms with Crippen molar-refractivity contribution >= 4 is 11.9 Å². The summed E-state index contributed by atoms with van der Waals surface area (Å²) >= 11 is 0. The van der Waals surface area contributed by atoms with Crippen molar-refractivity contribution in [1.29, 1.82) is 0 Å². The number of aliphatic hydroxyl groups is 1. The van der Waals surface area contributed by atoms with Crippen molar-refractivity contribution < 1.29 is 14.6 Å². The van der Waals surface area contributed by atoms with Gasteiger partial charge in [-0.05, 0) is 13.8 Å². The standard InChI is InChI=1S/C13H22N4O3/c1-9(2)16-13-14-5-10(6-15-13)12(19)17(3)7-11(18)8-20-4/h5-6,9,11,18H,7-8H2,1-4H3,(H,14,15,16)/t11-/m1/s1. The van der Waals surface area contributed by atoms with Gasteiger partial charge in [-0.1, -0.05) is 0 Å². The van der Waals surface area contributed by atoms with Crippen molar-refractivity contribution in [3.05, 3.63) is 18.0 Å². The molecule has 0 saturated heterocycles. The van der Waals surface area contributed by atoms with Gasteiger partial charge in [0.1, 0.15) is 0 Å². The maximum Gasteiger partial charge on any atom is 0.256 e. The largest absolute Gasteiger partial charge is 0.389 e. The van der Waals surface area contributed by atoms with Gasteiger partial charge in [0.15, 0.2) is 0 Å². The van der Waals surface area contributed by atoms with Gasteiger partial charge >= 0.3 is 0 Å². The molecule has 1 rings (SSSR count). The molecule has 1 aromatic rings. The third-order valence-electron chi connectivity index (χ3n) is 2.51. The highest BCUT2D eigenvalue weighted by molar-refractivity contribution is 5.93. The second kappa shape index (κ2) is 7.76. The number of aromatic nitrogens is 2. The van der Waals surface area contributed by atoms with E-state index in [2.05, 4.69) is 15.3 Å². The number of methoxy groups -OCH3 is 1. The Morgan fingerprint density at radius 2 is 2.05 bits per heavy atom. The number of likely N-dealkylation sites (N-methyl/N-ethyl adjacent to an activating group) is 1. The summed E-state index contributed by atoms with van der Waals surface area (Å²) in [5.41, 5.74) is 0.381. The smallest absolute Gasteiger partial charge is 0.256 e. The first-order valence-electron chi connectivity index (χ1n) is 6.45. The SMILES string of the molecule is COC[C@H](O)CN(C)C(=O)c1cnc(NC(C)C)nc1. The fourth-order valence-electron chi connectivity index (χ4n) is 1.64. The number of hydrogen-bond acceptors (Lipinski definition) is 6. The number of anilines is 1. The molecule has 112 valence electrons. The predicted molar refractivity (Wildman–Crippen MR) is 75.6 cm³/mol. The molecule has 7 heteroatoms. The summed E-state index contributed by atoms with van der Waals surface area (Å²) in [6, 6.07) is 0.225. The van der Waals surface area contributed by atoms with Gasteiger partial charge in [0.2, 0.25) is 5.95 Å². The van der Waals surface area contributed by atoms with Crippen LogP contribution in [0.5, 0.6) is 0 Å². The Labute approximate surface area is 119 Å². The molecule has 0 bridgehead atoms. The lowest BCUT2D eigenvalue weighted by Crippen LogP contribution is -2.36. The molecule has 0 aromatic carbocycles. The lowest BCUT2D eigenvalue weighted by atomic mass is 10.2. The van der Waals surface area contributed by atoms with E-state index in [0.29, 0.717) is 11.5 Å². The summed E-state index contributed by atoms with van der Waals surface area (Å²) in [6.45, 7) is 4.34. The van der Waals surface area contributed by atoms with Crippen molar-refractivity contribution in [3.8, 4) is 0 Å². The predicted octanol–water partition coefficient (Wildman–Crippen LogP) is 0.376. The molecule has 20 heavy (non-hydrogen) atoms. The van der Waals surface area contributed by atoms with E-state index in [-0.39, 0.29) is 25.1 Å². The van der Waals surface area contributed by atoms with Crippen LogP contribution in [0.1, 0.15) is 24.2 Å². The van der Waals surface area contributed by atoms with Gasteiger partial charge in [-0.25, -0.2) is 9.97 Å². The molecule has 0 aliphatic rings. The first kappa shape index (κ1) is 16.3. The van der Waals surface area contributed by atoms with Crippen molar-refractivity contribution in [2.24, 2.45) is 0 Å². The van der Waals surface area contributed by atoms with E-state index in [0.717, 1.165) is 0 Å². The summed E-state index contributed by atoms with van der Waals surface area (Å²) in [7, 11) is 3.11. The zero-order valence-corrected chi connectivity index (χ0v) is 12.3. The van der Waals surface area contributed by atoms with Crippen LogP contribution >= 0.6 is 0 Å². The van der Waals surface area contributed by atoms with E-state index in [4.69, 9.17) is 4.74 Å². The summed E-state index contributed by atoms with van der Waals surface area (Å²) in [5, 5.41) is 12.6. The summed E-state index contributed by atoms with van der Waals surface area (Å²) in [4.78, 5) is 21.7. The number of nitrogens with zero attached hydrogens (tertiary/aromatic N) is 3. The zero-order valence-electron chi connectivity index (χ0n) is 12.3. The van der Waals surface area contributed by atoms with Gasteiger partial charge in [0, 0.05) is 39.1 Å². The normalized spacial score (nSPS) is 12.3. The number of carbonyl (C=O) groups is 1. The molecule has 0 aliphatic carbocycles. The Morgan fingerprint density at radius 1 is 1.45 bits per heavy atom. The third kappa shape index (κ3) is 5.10. The number of aliphatic hydroxyl groups excluding tert-OH is 1. The third-order valence-corrected chi connectivity index (χ3v) is 2.51. The molecule has 1 amide bonds. The Morgan fingerprint density at radius 3 is 2.55 bits per heavy atom. The second-order valence-corrected chi connectivity index (χ2v) is 4.89. The summed E-state index contributed by atoms with van der Waals surface area (Å²) in [5.74, 6) is 0.245. The highest BCUT2D eigenvalue weighted by Gasteiger charge is 2.16. The lowest BCUT2D eigenvalue weighted by Gasteiger charge is -2.20. The van der Waals surface area contributed by atoms with Gasteiger partial charge in [-0.15, -0.1) is 0 Å². The number of hydrogen-bond donors (Lipinski definition) is 2. The maximum absolute atomic E-state index is 12.1. The molecule has 0 unspecified atom stereocenters. The minimum absolute atomic E-state index is 0.186. The molecule has 0 radical (unpaired) electrons. The van der Waals surface area contributed by atoms with E-state index in [9.17, 15) is 9.90 Å². The van der Waals surface area contributed by atoms with Gasteiger partial charge in [-0.2, -0.15) is 0 Å². The Kier molecular flexibility index (Phi) is 6.33. The van der Waals surface area contributed by atoms with Gasteiger partial charge in [0.05, 0.1) is 18.3 Å². The molecule has 0 aliphatic heterocycles. The highest BCUT2D eigenvalue weighted by atomic mass is 16.5. The molecule has 0 spiro atoms. The minimum Gasteiger partial charge on any atom is -0.389 e. The molecule has 1 heterocycles. The van der Waals surface area contributed by atoms with E-state index in [1.54, 1.807) is 7.05 Å². The molecule has 7 nitrogen and oxygen atoms in total. The first-order chi connectivity index (χ1) is 9.43. The van der Waals surface area contributed by atoms with Crippen molar-refractivity contribution in [3.63, 3.8) is 0 Å². The minimum atomic E-state index is -0.711. The van der Waals surface area contributed by atoms with Crippen LogP contribution in [0.3, 0.4) is 0 Å². The summed E-state index contributed by atoms with van der Waals surface area (Å²) < 4.78 is 4.82. The Hall–Kier alpha value is -1.73. The zero-order chi connectivity index (χ0) is 15.1. The monoisotopic (exact) mass is 282 g/mol. The molecular formula is C13H22N4O3. The highest BCUT2D eigenvalue weighted by Crippen LogP contribution is 2.05. The van der Waals surface area contributed by atoms with Crippen LogP contribution in [-0.2, 0) is 4.74 Å². The van der Waals surface area contributed by atoms with Crippen molar-refractivity contribution in [2.45, 2.75) is 26.0 Å². The van der Waals surface area contributed by atoms with Crippen LogP contribution in [0.15, 0.2) is 12.4 Å². The summed E-state index contributed by atoms with van der Waals surface area (Å²) in [6.07, 6.45) is 2.23. The van der Waals surface area contributed by atoms with E-state index in [1.807, 2.05) is 13.8 Å². The molecule has 0 fully saturated rings. The molecule has 2 N–H and O–H groups in total. The lowest BCUT2D eigenvalue weighted by molar-refractivity contribution is 0.0380. The van der Waals surface area contributed by atoms with Crippen molar-refractivity contribution in [1.82, 2.24) is 14.9 Å². The second-order valence-electron chi connectivity index (χ2n) is 4.89. The van der Waals surface area contributed by atoms with Crippen LogP contribution in [0.2, 0.25) is 0 Å². The molecule has 0 saturated carbocycles. The topological polar surface area (TPSA) is 87.6 Å². The van der Waals surface area contributed by atoms with Gasteiger partial charge in [-0.3, -0.25) is 4.79 Å². The first-order valence-corrected chi connectivity index (χ1v) is 6.45.